The number of hydrogen-bond donors (Lipinski definition) is 4. The van der Waals surface area contributed by atoms with Gasteiger partial charge in [-0.25, -0.2) is 0 Å². The third-order valence-electron chi connectivity index (χ3n) is 12.4. The van der Waals surface area contributed by atoms with Gasteiger partial charge in [-0.2, -0.15) is 0 Å². The molecule has 1 fully saturated rings. The maximum Gasteiger partial charge on any atom is 0.306 e. The van der Waals surface area contributed by atoms with Gasteiger partial charge in [-0.3, -0.25) is 9.59 Å². The molecule has 0 aromatic carbocycles. The zero-order valence-corrected chi connectivity index (χ0v) is 42.6. The second kappa shape index (κ2) is 47.1. The van der Waals surface area contributed by atoms with E-state index in [-0.39, 0.29) is 32.0 Å². The fourth-order valence-corrected chi connectivity index (χ4v) is 8.12. The van der Waals surface area contributed by atoms with Crippen LogP contribution in [0.25, 0.3) is 0 Å². The highest BCUT2D eigenvalue weighted by atomic mass is 16.7. The molecular formula is C57H100O10. The summed E-state index contributed by atoms with van der Waals surface area (Å²) in [6.07, 6.45) is 52.3. The van der Waals surface area contributed by atoms with E-state index in [9.17, 15) is 30.0 Å². The van der Waals surface area contributed by atoms with Gasteiger partial charge in [0.1, 0.15) is 31.0 Å². The zero-order chi connectivity index (χ0) is 48.7. The van der Waals surface area contributed by atoms with Gasteiger partial charge in [0.25, 0.3) is 0 Å². The van der Waals surface area contributed by atoms with Crippen molar-refractivity contribution in [2.24, 2.45) is 0 Å². The highest BCUT2D eigenvalue weighted by Crippen LogP contribution is 2.23. The molecule has 6 atom stereocenters. The number of esters is 2. The van der Waals surface area contributed by atoms with Crippen LogP contribution < -0.4 is 0 Å². The van der Waals surface area contributed by atoms with E-state index >= 15 is 0 Å². The number of hydrogen-bond acceptors (Lipinski definition) is 10. The number of aliphatic hydroxyl groups is 4. The first-order valence-corrected chi connectivity index (χ1v) is 27.4. The van der Waals surface area contributed by atoms with E-state index in [1.165, 1.54) is 122 Å². The smallest absolute Gasteiger partial charge is 0.306 e. The normalized spacial score (nSPS) is 19.5. The third-order valence-corrected chi connectivity index (χ3v) is 12.4. The van der Waals surface area contributed by atoms with Crippen LogP contribution in [-0.2, 0) is 28.5 Å². The first-order chi connectivity index (χ1) is 32.8. The summed E-state index contributed by atoms with van der Waals surface area (Å²) in [5.74, 6) is -0.814. The molecule has 388 valence electrons. The highest BCUT2D eigenvalue weighted by Gasteiger charge is 2.44. The van der Waals surface area contributed by atoms with E-state index < -0.39 is 49.4 Å². The van der Waals surface area contributed by atoms with Crippen LogP contribution in [-0.4, -0.2) is 89.0 Å². The minimum Gasteiger partial charge on any atom is -0.462 e. The van der Waals surface area contributed by atoms with Crippen molar-refractivity contribution in [2.45, 2.75) is 269 Å². The van der Waals surface area contributed by atoms with Gasteiger partial charge in [-0.05, 0) is 77.0 Å². The summed E-state index contributed by atoms with van der Waals surface area (Å²) in [6, 6.07) is 0. The Balaban J connectivity index is 2.24. The Bertz CT molecular complexity index is 1280. The van der Waals surface area contributed by atoms with Gasteiger partial charge < -0.3 is 39.4 Å². The van der Waals surface area contributed by atoms with Crippen LogP contribution >= 0.6 is 0 Å². The summed E-state index contributed by atoms with van der Waals surface area (Å²) in [7, 11) is 0. The van der Waals surface area contributed by atoms with Gasteiger partial charge in [0, 0.05) is 12.8 Å². The van der Waals surface area contributed by atoms with Crippen molar-refractivity contribution in [3.63, 3.8) is 0 Å². The monoisotopic (exact) mass is 945 g/mol. The molecule has 10 nitrogen and oxygen atoms in total. The summed E-state index contributed by atoms with van der Waals surface area (Å²) in [6.45, 7) is 3.33. The molecule has 0 aromatic heterocycles. The second-order valence-corrected chi connectivity index (χ2v) is 18.6. The molecule has 0 amide bonds. The Kier molecular flexibility index (Phi) is 43.9. The average Bonchev–Trinajstić information content (AvgIpc) is 3.33. The number of unbranched alkanes of at least 4 members (excludes halogenated alkanes) is 25. The van der Waals surface area contributed by atoms with Crippen molar-refractivity contribution in [1.29, 1.82) is 0 Å². The van der Waals surface area contributed by atoms with Crippen LogP contribution in [0, 0.1) is 0 Å². The molecule has 1 saturated heterocycles. The SMILES string of the molecule is CC/C=C\C/C=C\C/C=C\C/C=C\CCCCCCCCCCC(=O)OC(COC(=O)CCCCCCCCCCC/C=C\CCCCCCCCCC)COC1OC(CO)C(O)C(O)C1O. The Morgan fingerprint density at radius 3 is 1.34 bits per heavy atom. The lowest BCUT2D eigenvalue weighted by molar-refractivity contribution is -0.305. The van der Waals surface area contributed by atoms with Gasteiger partial charge in [-0.15, -0.1) is 0 Å². The van der Waals surface area contributed by atoms with Crippen molar-refractivity contribution in [3.05, 3.63) is 60.8 Å². The fourth-order valence-electron chi connectivity index (χ4n) is 8.12. The van der Waals surface area contributed by atoms with E-state index in [2.05, 4.69) is 74.6 Å². The van der Waals surface area contributed by atoms with Crippen molar-refractivity contribution in [1.82, 2.24) is 0 Å². The van der Waals surface area contributed by atoms with Crippen LogP contribution in [0.4, 0.5) is 0 Å². The molecule has 0 aliphatic carbocycles. The summed E-state index contributed by atoms with van der Waals surface area (Å²) in [5.41, 5.74) is 0. The maximum absolute atomic E-state index is 12.9. The topological polar surface area (TPSA) is 152 Å². The number of aliphatic hydroxyl groups excluding tert-OH is 4. The molecular weight excluding hydrogens is 845 g/mol. The number of carbonyl (C=O) groups excluding carboxylic acids is 2. The molecule has 4 N–H and O–H groups in total. The lowest BCUT2D eigenvalue weighted by Gasteiger charge is -2.39. The van der Waals surface area contributed by atoms with Crippen molar-refractivity contribution < 1.29 is 49.0 Å². The molecule has 0 bridgehead atoms. The predicted octanol–water partition coefficient (Wildman–Crippen LogP) is 13.3. The Labute approximate surface area is 409 Å². The molecule has 1 aliphatic rings. The standard InChI is InChI=1S/C57H100O10/c1-3-5-7-9-11-13-15-17-19-21-23-25-27-29-31-33-35-37-39-41-43-45-52(59)64-48-50(49-65-57-56(63)55(62)54(61)51(47-58)67-57)66-53(60)46-44-42-40-38-36-34-32-30-28-26-24-22-20-18-16-14-12-10-8-6-4-2/h6,8,12,14,18,20-21,23-24,26,50-51,54-58,61-63H,3-5,7,9-11,13,15-17,19,22,25,27-49H2,1-2H3/b8-6-,14-12-,20-18-,23-21-,26-24-. The summed E-state index contributed by atoms with van der Waals surface area (Å²) in [4.78, 5) is 25.5. The molecule has 0 aromatic rings. The van der Waals surface area contributed by atoms with Gasteiger partial charge in [0.15, 0.2) is 12.4 Å². The predicted molar refractivity (Wildman–Crippen MR) is 275 cm³/mol. The van der Waals surface area contributed by atoms with Gasteiger partial charge >= 0.3 is 11.9 Å². The van der Waals surface area contributed by atoms with Crippen molar-refractivity contribution >= 4 is 11.9 Å². The minimum absolute atomic E-state index is 0.218. The van der Waals surface area contributed by atoms with Crippen LogP contribution in [0.3, 0.4) is 0 Å². The van der Waals surface area contributed by atoms with E-state index in [4.69, 9.17) is 18.9 Å². The number of carbonyl (C=O) groups is 2. The zero-order valence-electron chi connectivity index (χ0n) is 42.6. The Hall–Kier alpha value is -2.60. The molecule has 67 heavy (non-hydrogen) atoms. The molecule has 0 radical (unpaired) electrons. The lowest BCUT2D eigenvalue weighted by atomic mass is 9.99. The van der Waals surface area contributed by atoms with Crippen molar-refractivity contribution in [2.75, 3.05) is 19.8 Å². The van der Waals surface area contributed by atoms with Crippen LogP contribution in [0.1, 0.15) is 232 Å². The highest BCUT2D eigenvalue weighted by molar-refractivity contribution is 5.70. The molecule has 10 heteroatoms. The van der Waals surface area contributed by atoms with E-state index in [1.54, 1.807) is 0 Å². The summed E-state index contributed by atoms with van der Waals surface area (Å²) < 4.78 is 22.3. The van der Waals surface area contributed by atoms with Crippen LogP contribution in [0.2, 0.25) is 0 Å². The Morgan fingerprint density at radius 2 is 0.881 bits per heavy atom. The summed E-state index contributed by atoms with van der Waals surface area (Å²) >= 11 is 0. The van der Waals surface area contributed by atoms with Crippen molar-refractivity contribution in [3.8, 4) is 0 Å². The van der Waals surface area contributed by atoms with E-state index in [0.717, 1.165) is 77.0 Å². The molecule has 6 unspecified atom stereocenters. The van der Waals surface area contributed by atoms with E-state index in [1.807, 2.05) is 0 Å². The first kappa shape index (κ1) is 62.4. The number of rotatable bonds is 46. The molecule has 1 rings (SSSR count). The summed E-state index contributed by atoms with van der Waals surface area (Å²) in [5, 5.41) is 40.3. The second-order valence-electron chi connectivity index (χ2n) is 18.6. The molecule has 1 heterocycles. The quantitative estimate of drug-likeness (QED) is 0.0264. The van der Waals surface area contributed by atoms with Gasteiger partial charge in [-0.1, -0.05) is 203 Å². The minimum atomic E-state index is -1.60. The average molecular weight is 945 g/mol. The number of ether oxygens (including phenoxy) is 4. The fraction of sp³-hybridized carbons (Fsp3) is 0.789. The molecule has 0 spiro atoms. The lowest BCUT2D eigenvalue weighted by Crippen LogP contribution is -2.59. The van der Waals surface area contributed by atoms with Gasteiger partial charge in [0.05, 0.1) is 13.2 Å². The molecule has 1 aliphatic heterocycles. The molecule has 0 saturated carbocycles. The van der Waals surface area contributed by atoms with E-state index in [0.29, 0.717) is 6.42 Å². The third kappa shape index (κ3) is 37.9. The maximum atomic E-state index is 12.9. The first-order valence-electron chi connectivity index (χ1n) is 27.4. The number of allylic oxidation sites excluding steroid dienone is 10. The Morgan fingerprint density at radius 1 is 0.478 bits per heavy atom. The van der Waals surface area contributed by atoms with Crippen LogP contribution in [0.15, 0.2) is 60.8 Å². The largest absolute Gasteiger partial charge is 0.462 e. The van der Waals surface area contributed by atoms with Crippen LogP contribution in [0.5, 0.6) is 0 Å². The van der Waals surface area contributed by atoms with Gasteiger partial charge in [0.2, 0.25) is 0 Å².